The fourth-order valence-corrected chi connectivity index (χ4v) is 3.88. The number of hydrogen-bond acceptors (Lipinski definition) is 8. The van der Waals surface area contributed by atoms with Crippen LogP contribution in [0.5, 0.6) is 0 Å². The molecule has 4 unspecified atom stereocenters. The van der Waals surface area contributed by atoms with Crippen molar-refractivity contribution in [1.29, 1.82) is 0 Å². The summed E-state index contributed by atoms with van der Waals surface area (Å²) in [5, 5.41) is 25.9. The van der Waals surface area contributed by atoms with E-state index in [1.807, 2.05) is 26.4 Å². The highest BCUT2D eigenvalue weighted by Gasteiger charge is 2.30. The van der Waals surface area contributed by atoms with Gasteiger partial charge in [-0.3, -0.25) is 19.2 Å². The number of nitrogens with one attached hydrogen (secondary N) is 3. The molecule has 0 aromatic rings. The molecular formula is C21H38N4O7S2. The summed E-state index contributed by atoms with van der Waals surface area (Å²) in [6, 6.07) is -4.14. The van der Waals surface area contributed by atoms with Gasteiger partial charge in [0.1, 0.15) is 18.1 Å². The lowest BCUT2D eigenvalue weighted by Crippen LogP contribution is -2.57. The van der Waals surface area contributed by atoms with Crippen molar-refractivity contribution in [2.24, 2.45) is 11.7 Å². The van der Waals surface area contributed by atoms with Gasteiger partial charge in [0.15, 0.2) is 0 Å². The van der Waals surface area contributed by atoms with Crippen LogP contribution in [0.1, 0.15) is 46.0 Å². The SMILES string of the molecule is CSCCC(NC(=O)C(CCSC)NC(=O)C(CC(C)C)NC(=O)C(N)CCC(=O)O)C(=O)O. The fourth-order valence-electron chi connectivity index (χ4n) is 2.93. The maximum Gasteiger partial charge on any atom is 0.326 e. The molecular weight excluding hydrogens is 484 g/mol. The zero-order valence-corrected chi connectivity index (χ0v) is 21.8. The number of nitrogens with two attached hydrogens (primary N) is 1. The van der Waals surface area contributed by atoms with Gasteiger partial charge in [-0.1, -0.05) is 13.8 Å². The van der Waals surface area contributed by atoms with Crippen LogP contribution in [0.25, 0.3) is 0 Å². The second-order valence-corrected chi connectivity index (χ2v) is 10.2. The molecule has 4 atom stereocenters. The summed E-state index contributed by atoms with van der Waals surface area (Å²) >= 11 is 2.93. The van der Waals surface area contributed by atoms with E-state index in [1.165, 1.54) is 23.5 Å². The molecule has 34 heavy (non-hydrogen) atoms. The summed E-state index contributed by atoms with van der Waals surface area (Å²) < 4.78 is 0. The molecule has 13 heteroatoms. The van der Waals surface area contributed by atoms with Gasteiger partial charge in [0, 0.05) is 6.42 Å². The Morgan fingerprint density at radius 3 is 1.71 bits per heavy atom. The lowest BCUT2D eigenvalue weighted by atomic mass is 10.0. The molecule has 0 radical (unpaired) electrons. The Labute approximate surface area is 209 Å². The largest absolute Gasteiger partial charge is 0.481 e. The molecule has 0 aliphatic heterocycles. The molecule has 0 rings (SSSR count). The lowest BCUT2D eigenvalue weighted by molar-refractivity contribution is -0.142. The number of carbonyl (C=O) groups is 5. The summed E-state index contributed by atoms with van der Waals surface area (Å²) in [5.74, 6) is -2.99. The minimum atomic E-state index is -1.15. The molecule has 0 aromatic heterocycles. The highest BCUT2D eigenvalue weighted by atomic mass is 32.2. The van der Waals surface area contributed by atoms with Gasteiger partial charge in [-0.15, -0.1) is 0 Å². The molecule has 196 valence electrons. The van der Waals surface area contributed by atoms with Gasteiger partial charge in [-0.25, -0.2) is 4.79 Å². The average Bonchev–Trinajstić information content (AvgIpc) is 2.76. The molecule has 0 aliphatic rings. The molecule has 0 aromatic carbocycles. The first-order valence-corrected chi connectivity index (χ1v) is 13.8. The number of thioether (sulfide) groups is 2. The first-order chi connectivity index (χ1) is 15.9. The van der Waals surface area contributed by atoms with Gasteiger partial charge in [-0.05, 0) is 55.6 Å². The van der Waals surface area contributed by atoms with Crippen LogP contribution in [0.15, 0.2) is 0 Å². The Morgan fingerprint density at radius 1 is 0.765 bits per heavy atom. The van der Waals surface area contributed by atoms with E-state index in [0.717, 1.165) is 0 Å². The van der Waals surface area contributed by atoms with Crippen LogP contribution in [-0.4, -0.2) is 88.1 Å². The molecule has 7 N–H and O–H groups in total. The molecule has 0 aliphatic carbocycles. The van der Waals surface area contributed by atoms with Crippen molar-refractivity contribution in [1.82, 2.24) is 16.0 Å². The third-order valence-corrected chi connectivity index (χ3v) is 6.10. The standard InChI is InChI=1S/C21H38N4O7S2/c1-12(2)11-16(25-18(28)13(22)5-6-17(26)27)20(30)23-14(7-9-33-3)19(29)24-15(21(31)32)8-10-34-4/h12-16H,5-11,22H2,1-4H3,(H,23,30)(H,24,29)(H,25,28)(H,26,27)(H,31,32). The van der Waals surface area contributed by atoms with Gasteiger partial charge < -0.3 is 31.9 Å². The van der Waals surface area contributed by atoms with Crippen LogP contribution >= 0.6 is 23.5 Å². The highest BCUT2D eigenvalue weighted by molar-refractivity contribution is 7.98. The van der Waals surface area contributed by atoms with Crippen LogP contribution in [-0.2, 0) is 24.0 Å². The third-order valence-electron chi connectivity index (χ3n) is 4.81. The van der Waals surface area contributed by atoms with E-state index in [2.05, 4.69) is 16.0 Å². The van der Waals surface area contributed by atoms with E-state index in [0.29, 0.717) is 11.5 Å². The normalized spacial score (nSPS) is 14.5. The quantitative estimate of drug-likeness (QED) is 0.146. The zero-order valence-electron chi connectivity index (χ0n) is 20.2. The smallest absolute Gasteiger partial charge is 0.326 e. The van der Waals surface area contributed by atoms with Crippen LogP contribution in [0.2, 0.25) is 0 Å². The molecule has 0 fully saturated rings. The maximum atomic E-state index is 13.0. The summed E-state index contributed by atoms with van der Waals surface area (Å²) in [5.41, 5.74) is 5.75. The van der Waals surface area contributed by atoms with E-state index in [1.54, 1.807) is 0 Å². The minimum Gasteiger partial charge on any atom is -0.481 e. The van der Waals surface area contributed by atoms with E-state index >= 15 is 0 Å². The summed E-state index contributed by atoms with van der Waals surface area (Å²) in [6.07, 6.45) is 4.09. The maximum absolute atomic E-state index is 13.0. The molecule has 0 heterocycles. The Bertz CT molecular complexity index is 694. The van der Waals surface area contributed by atoms with Crippen molar-refractivity contribution in [3.8, 4) is 0 Å². The second kappa shape index (κ2) is 17.4. The first-order valence-electron chi connectivity index (χ1n) is 11.0. The van der Waals surface area contributed by atoms with Crippen molar-refractivity contribution in [3.05, 3.63) is 0 Å². The number of aliphatic carboxylic acids is 2. The Morgan fingerprint density at radius 2 is 1.24 bits per heavy atom. The summed E-state index contributed by atoms with van der Waals surface area (Å²) in [4.78, 5) is 60.4. The van der Waals surface area contributed by atoms with E-state index < -0.39 is 53.8 Å². The monoisotopic (exact) mass is 522 g/mol. The topological polar surface area (TPSA) is 188 Å². The van der Waals surface area contributed by atoms with Gasteiger partial charge in [0.25, 0.3) is 0 Å². The number of rotatable bonds is 18. The predicted molar refractivity (Wildman–Crippen MR) is 134 cm³/mol. The number of carbonyl (C=O) groups excluding carboxylic acids is 3. The molecule has 0 saturated heterocycles. The number of hydrogen-bond donors (Lipinski definition) is 6. The third kappa shape index (κ3) is 13.7. The van der Waals surface area contributed by atoms with E-state index in [4.69, 9.17) is 10.8 Å². The van der Waals surface area contributed by atoms with Crippen molar-refractivity contribution in [2.45, 2.75) is 70.1 Å². The number of amides is 3. The first kappa shape index (κ1) is 32.0. The number of carboxylic acid groups (broad SMARTS) is 2. The van der Waals surface area contributed by atoms with Crippen molar-refractivity contribution in [2.75, 3.05) is 24.0 Å². The zero-order chi connectivity index (χ0) is 26.3. The Hall–Kier alpha value is -1.99. The summed E-state index contributed by atoms with van der Waals surface area (Å²) in [7, 11) is 0. The molecule has 0 spiro atoms. The minimum absolute atomic E-state index is 0.0210. The molecule has 3 amide bonds. The van der Waals surface area contributed by atoms with Gasteiger partial charge in [0.05, 0.1) is 6.04 Å². The average molecular weight is 523 g/mol. The van der Waals surface area contributed by atoms with Crippen molar-refractivity contribution < 1.29 is 34.2 Å². The molecule has 0 bridgehead atoms. The summed E-state index contributed by atoms with van der Waals surface area (Å²) in [6.45, 7) is 3.72. The second-order valence-electron chi connectivity index (χ2n) is 8.25. The van der Waals surface area contributed by atoms with Crippen LogP contribution < -0.4 is 21.7 Å². The van der Waals surface area contributed by atoms with Gasteiger partial charge in [0.2, 0.25) is 17.7 Å². The van der Waals surface area contributed by atoms with Crippen LogP contribution in [0, 0.1) is 5.92 Å². The van der Waals surface area contributed by atoms with Gasteiger partial charge in [-0.2, -0.15) is 23.5 Å². The molecule has 0 saturated carbocycles. The lowest BCUT2D eigenvalue weighted by Gasteiger charge is -2.26. The molecule has 11 nitrogen and oxygen atoms in total. The predicted octanol–water partition coefficient (Wildman–Crippen LogP) is 0.270. The van der Waals surface area contributed by atoms with Crippen LogP contribution in [0.3, 0.4) is 0 Å². The fraction of sp³-hybridized carbons (Fsp3) is 0.762. The Balaban J connectivity index is 5.40. The van der Waals surface area contributed by atoms with Crippen molar-refractivity contribution >= 4 is 53.2 Å². The Kier molecular flexibility index (Phi) is 16.4. The van der Waals surface area contributed by atoms with Crippen LogP contribution in [0.4, 0.5) is 0 Å². The van der Waals surface area contributed by atoms with E-state index in [-0.39, 0.29) is 38.0 Å². The van der Waals surface area contributed by atoms with Gasteiger partial charge >= 0.3 is 11.9 Å². The highest BCUT2D eigenvalue weighted by Crippen LogP contribution is 2.09. The number of carboxylic acids is 2. The van der Waals surface area contributed by atoms with E-state index in [9.17, 15) is 29.1 Å². The van der Waals surface area contributed by atoms with Crippen molar-refractivity contribution in [3.63, 3.8) is 0 Å².